The Labute approximate surface area is 125 Å². The molecule has 0 saturated carbocycles. The summed E-state index contributed by atoms with van der Waals surface area (Å²) in [5.74, 6) is -0.0742. The molecule has 0 fully saturated rings. The summed E-state index contributed by atoms with van der Waals surface area (Å²) >= 11 is 3.29. The van der Waals surface area contributed by atoms with Crippen LogP contribution in [0, 0.1) is 0 Å². The Kier molecular flexibility index (Phi) is 6.47. The molecule has 0 aromatic heterocycles. The summed E-state index contributed by atoms with van der Waals surface area (Å²) in [4.78, 5) is 22.9. The van der Waals surface area contributed by atoms with Crippen molar-refractivity contribution in [3.05, 3.63) is 28.2 Å². The summed E-state index contributed by atoms with van der Waals surface area (Å²) in [5.41, 5.74) is 0.726. The van der Waals surface area contributed by atoms with E-state index < -0.39 is 18.0 Å². The van der Waals surface area contributed by atoms with Gasteiger partial charge >= 0.3 is 6.03 Å². The minimum atomic E-state index is -0.825. The zero-order valence-corrected chi connectivity index (χ0v) is 12.9. The Balaban J connectivity index is 2.63. The number of rotatable bonds is 5. The third-order valence-corrected chi connectivity index (χ3v) is 3.05. The van der Waals surface area contributed by atoms with E-state index in [0.717, 1.165) is 5.56 Å². The molecule has 1 atom stereocenters. The molecule has 1 unspecified atom stereocenters. The molecular weight excluding hydrogens is 328 g/mol. The van der Waals surface area contributed by atoms with Crippen molar-refractivity contribution >= 4 is 27.9 Å². The molecule has 0 aliphatic heterocycles. The molecule has 0 bridgehead atoms. The summed E-state index contributed by atoms with van der Waals surface area (Å²) in [5, 5.41) is 13.6. The molecular formula is C13H17BrN2O4. The van der Waals surface area contributed by atoms with Gasteiger partial charge in [0.1, 0.15) is 5.75 Å². The Morgan fingerprint density at radius 2 is 2.15 bits per heavy atom. The smallest absolute Gasteiger partial charge is 0.321 e. The third-order valence-electron chi connectivity index (χ3n) is 2.43. The monoisotopic (exact) mass is 344 g/mol. The lowest BCUT2D eigenvalue weighted by atomic mass is 10.2. The van der Waals surface area contributed by atoms with Crippen LogP contribution in [0.1, 0.15) is 19.4 Å². The second kappa shape index (κ2) is 7.86. The van der Waals surface area contributed by atoms with Crippen LogP contribution in [0.2, 0.25) is 0 Å². The van der Waals surface area contributed by atoms with Crippen LogP contribution >= 0.6 is 15.9 Å². The lowest BCUT2D eigenvalue weighted by Gasteiger charge is -2.15. The zero-order chi connectivity index (χ0) is 15.1. The number of benzene rings is 1. The van der Waals surface area contributed by atoms with E-state index in [1.807, 2.05) is 0 Å². The van der Waals surface area contributed by atoms with E-state index in [1.165, 1.54) is 0 Å². The van der Waals surface area contributed by atoms with E-state index >= 15 is 0 Å². The van der Waals surface area contributed by atoms with Crippen LogP contribution in [0.5, 0.6) is 5.75 Å². The van der Waals surface area contributed by atoms with E-state index in [9.17, 15) is 9.59 Å². The normalized spacial score (nSPS) is 11.6. The highest BCUT2D eigenvalue weighted by Gasteiger charge is 2.18. The predicted octanol–water partition coefficient (Wildman–Crippen LogP) is 1.55. The SMILES string of the molecule is CCNC(=O)NC(=O)C(C)Oc1ccc(CO)cc1Br. The maximum absolute atomic E-state index is 11.7. The van der Waals surface area contributed by atoms with Gasteiger partial charge in [-0.25, -0.2) is 4.79 Å². The van der Waals surface area contributed by atoms with Crippen molar-refractivity contribution < 1.29 is 19.4 Å². The number of aliphatic hydroxyl groups excluding tert-OH is 1. The molecule has 0 heterocycles. The van der Waals surface area contributed by atoms with Crippen molar-refractivity contribution in [1.82, 2.24) is 10.6 Å². The summed E-state index contributed by atoms with van der Waals surface area (Å²) in [7, 11) is 0. The highest BCUT2D eigenvalue weighted by Crippen LogP contribution is 2.26. The van der Waals surface area contributed by atoms with Gasteiger partial charge in [-0.15, -0.1) is 0 Å². The van der Waals surface area contributed by atoms with Gasteiger partial charge < -0.3 is 15.2 Å². The first kappa shape index (κ1) is 16.5. The average molecular weight is 345 g/mol. The van der Waals surface area contributed by atoms with E-state index in [-0.39, 0.29) is 6.61 Å². The fourth-order valence-electron chi connectivity index (χ4n) is 1.40. The van der Waals surface area contributed by atoms with Gasteiger partial charge in [0.2, 0.25) is 0 Å². The number of hydrogen-bond acceptors (Lipinski definition) is 4. The average Bonchev–Trinajstić information content (AvgIpc) is 2.41. The van der Waals surface area contributed by atoms with Crippen LogP contribution in [0.3, 0.4) is 0 Å². The van der Waals surface area contributed by atoms with Crippen LogP contribution in [0.25, 0.3) is 0 Å². The molecule has 0 aliphatic carbocycles. The quantitative estimate of drug-likeness (QED) is 0.756. The Bertz CT molecular complexity index is 493. The Morgan fingerprint density at radius 1 is 1.45 bits per heavy atom. The molecule has 3 N–H and O–H groups in total. The highest BCUT2D eigenvalue weighted by molar-refractivity contribution is 9.10. The molecule has 0 spiro atoms. The molecule has 1 aromatic rings. The molecule has 20 heavy (non-hydrogen) atoms. The lowest BCUT2D eigenvalue weighted by molar-refractivity contribution is -0.126. The topological polar surface area (TPSA) is 87.7 Å². The molecule has 0 aliphatic rings. The number of carbonyl (C=O) groups is 2. The molecule has 6 nitrogen and oxygen atoms in total. The van der Waals surface area contributed by atoms with Crippen LogP contribution in [0.4, 0.5) is 4.79 Å². The Hall–Kier alpha value is -1.60. The largest absolute Gasteiger partial charge is 0.480 e. The molecule has 1 aromatic carbocycles. The van der Waals surface area contributed by atoms with Crippen LogP contribution in [-0.4, -0.2) is 29.7 Å². The van der Waals surface area contributed by atoms with Crippen molar-refractivity contribution in [2.45, 2.75) is 26.6 Å². The van der Waals surface area contributed by atoms with Crippen molar-refractivity contribution in [1.29, 1.82) is 0 Å². The van der Waals surface area contributed by atoms with Crippen molar-refractivity contribution in [3.8, 4) is 5.75 Å². The van der Waals surface area contributed by atoms with Gasteiger partial charge in [0.25, 0.3) is 5.91 Å². The molecule has 1 rings (SSSR count). The fourth-order valence-corrected chi connectivity index (χ4v) is 1.92. The zero-order valence-electron chi connectivity index (χ0n) is 11.3. The number of aliphatic hydroxyl groups is 1. The first-order valence-corrected chi connectivity index (χ1v) is 6.91. The van der Waals surface area contributed by atoms with Crippen LogP contribution in [0.15, 0.2) is 22.7 Å². The van der Waals surface area contributed by atoms with Gasteiger partial charge in [0.15, 0.2) is 6.10 Å². The van der Waals surface area contributed by atoms with E-state index in [4.69, 9.17) is 9.84 Å². The van der Waals surface area contributed by atoms with Crippen molar-refractivity contribution in [3.63, 3.8) is 0 Å². The molecule has 110 valence electrons. The second-order valence-corrected chi connectivity index (χ2v) is 4.89. The third kappa shape index (κ3) is 4.82. The number of imide groups is 1. The molecule has 0 saturated heterocycles. The number of amides is 3. The number of ether oxygens (including phenoxy) is 1. The fraction of sp³-hybridized carbons (Fsp3) is 0.385. The van der Waals surface area contributed by atoms with Gasteiger partial charge in [-0.05, 0) is 47.5 Å². The van der Waals surface area contributed by atoms with Crippen molar-refractivity contribution in [2.75, 3.05) is 6.54 Å². The number of halogens is 1. The number of urea groups is 1. The van der Waals surface area contributed by atoms with E-state index in [2.05, 4.69) is 26.6 Å². The molecule has 0 radical (unpaired) electrons. The number of nitrogens with one attached hydrogen (secondary N) is 2. The summed E-state index contributed by atoms with van der Waals surface area (Å²) < 4.78 is 6.09. The maximum atomic E-state index is 11.7. The minimum Gasteiger partial charge on any atom is -0.480 e. The number of carbonyl (C=O) groups excluding carboxylic acids is 2. The summed E-state index contributed by atoms with van der Waals surface area (Å²) in [6.07, 6.45) is -0.825. The summed E-state index contributed by atoms with van der Waals surface area (Å²) in [6, 6.07) is 4.48. The molecule has 3 amide bonds. The lowest BCUT2D eigenvalue weighted by Crippen LogP contribution is -2.45. The summed E-state index contributed by atoms with van der Waals surface area (Å²) in [6.45, 7) is 3.65. The van der Waals surface area contributed by atoms with Gasteiger partial charge in [-0.1, -0.05) is 6.07 Å². The Morgan fingerprint density at radius 3 is 2.70 bits per heavy atom. The predicted molar refractivity (Wildman–Crippen MR) is 77.4 cm³/mol. The minimum absolute atomic E-state index is 0.0773. The van der Waals surface area contributed by atoms with Crippen LogP contribution in [-0.2, 0) is 11.4 Å². The van der Waals surface area contributed by atoms with Gasteiger partial charge in [-0.3, -0.25) is 10.1 Å². The first-order chi connectivity index (χ1) is 9.47. The molecule has 7 heteroatoms. The van der Waals surface area contributed by atoms with Gasteiger partial charge in [0.05, 0.1) is 11.1 Å². The van der Waals surface area contributed by atoms with Gasteiger partial charge in [0, 0.05) is 6.54 Å². The van der Waals surface area contributed by atoms with Crippen molar-refractivity contribution in [2.24, 2.45) is 0 Å². The highest BCUT2D eigenvalue weighted by atomic mass is 79.9. The number of hydrogen-bond donors (Lipinski definition) is 3. The van der Waals surface area contributed by atoms with Gasteiger partial charge in [-0.2, -0.15) is 0 Å². The van der Waals surface area contributed by atoms with E-state index in [0.29, 0.717) is 16.8 Å². The van der Waals surface area contributed by atoms with E-state index in [1.54, 1.807) is 32.0 Å². The second-order valence-electron chi connectivity index (χ2n) is 4.03. The standard InChI is InChI=1S/C13H17BrN2O4/c1-3-15-13(19)16-12(18)8(2)20-11-5-4-9(7-17)6-10(11)14/h4-6,8,17H,3,7H2,1-2H3,(H2,15,16,18,19). The first-order valence-electron chi connectivity index (χ1n) is 6.12. The van der Waals surface area contributed by atoms with Crippen LogP contribution < -0.4 is 15.4 Å². The maximum Gasteiger partial charge on any atom is 0.321 e.